The zero-order chi connectivity index (χ0) is 15.7. The summed E-state index contributed by atoms with van der Waals surface area (Å²) < 4.78 is 0. The Balaban J connectivity index is 2.42. The van der Waals surface area contributed by atoms with Crippen molar-refractivity contribution in [2.75, 3.05) is 18.4 Å². The Morgan fingerprint density at radius 1 is 1.19 bits per heavy atom. The molecule has 0 aromatic heterocycles. The molecule has 0 fully saturated rings. The van der Waals surface area contributed by atoms with Crippen LogP contribution in [0, 0.1) is 12.8 Å². The van der Waals surface area contributed by atoms with Crippen molar-refractivity contribution in [2.24, 2.45) is 5.92 Å². The first-order valence-corrected chi connectivity index (χ1v) is 8.17. The van der Waals surface area contributed by atoms with E-state index >= 15 is 0 Å². The van der Waals surface area contributed by atoms with E-state index in [0.29, 0.717) is 0 Å². The molecular weight excluding hydrogens is 260 g/mol. The summed E-state index contributed by atoms with van der Waals surface area (Å²) in [5, 5.41) is 6.37. The fourth-order valence-electron chi connectivity index (χ4n) is 2.24. The minimum atomic E-state index is 0.0321. The maximum absolute atomic E-state index is 12.1. The lowest BCUT2D eigenvalue weighted by atomic mass is 10.1. The number of hydrogen-bond acceptors (Lipinski definition) is 2. The molecule has 0 aliphatic heterocycles. The van der Waals surface area contributed by atoms with E-state index in [1.807, 2.05) is 25.1 Å². The molecule has 0 saturated carbocycles. The third-order valence-corrected chi connectivity index (χ3v) is 3.55. The largest absolute Gasteiger partial charge is 0.385 e. The number of benzene rings is 1. The molecule has 21 heavy (non-hydrogen) atoms. The number of unbranched alkanes of at least 4 members (excludes halogenated alkanes) is 1. The second-order valence-electron chi connectivity index (χ2n) is 6.10. The Bertz CT molecular complexity index is 441. The Hall–Kier alpha value is -1.51. The van der Waals surface area contributed by atoms with Gasteiger partial charge in [-0.25, -0.2) is 0 Å². The van der Waals surface area contributed by atoms with Crippen molar-refractivity contribution in [3.05, 3.63) is 29.3 Å². The van der Waals surface area contributed by atoms with Crippen LogP contribution in [0.15, 0.2) is 18.2 Å². The van der Waals surface area contributed by atoms with Crippen LogP contribution in [0.3, 0.4) is 0 Å². The first-order valence-electron chi connectivity index (χ1n) is 8.17. The second kappa shape index (κ2) is 9.43. The molecule has 1 aromatic carbocycles. The predicted molar refractivity (Wildman–Crippen MR) is 91.0 cm³/mol. The summed E-state index contributed by atoms with van der Waals surface area (Å²) in [5.74, 6) is 0.774. The summed E-state index contributed by atoms with van der Waals surface area (Å²) >= 11 is 0. The number of aryl methyl sites for hydroxylation is 1. The molecule has 1 amide bonds. The summed E-state index contributed by atoms with van der Waals surface area (Å²) in [6.45, 7) is 10.4. The fourth-order valence-corrected chi connectivity index (χ4v) is 2.24. The Kier molecular flexibility index (Phi) is 7.88. The molecule has 0 heterocycles. The van der Waals surface area contributed by atoms with Gasteiger partial charge in [0.15, 0.2) is 0 Å². The van der Waals surface area contributed by atoms with Gasteiger partial charge < -0.3 is 10.6 Å². The molecule has 0 saturated heterocycles. The van der Waals surface area contributed by atoms with Crippen molar-refractivity contribution < 1.29 is 4.79 Å². The van der Waals surface area contributed by atoms with Crippen LogP contribution >= 0.6 is 0 Å². The van der Waals surface area contributed by atoms with Gasteiger partial charge in [-0.15, -0.1) is 0 Å². The maximum atomic E-state index is 12.1. The minimum absolute atomic E-state index is 0.0321. The van der Waals surface area contributed by atoms with E-state index < -0.39 is 0 Å². The molecule has 0 unspecified atom stereocenters. The van der Waals surface area contributed by atoms with E-state index in [1.54, 1.807) is 0 Å². The Morgan fingerprint density at radius 3 is 2.57 bits per heavy atom. The van der Waals surface area contributed by atoms with Crippen LogP contribution in [0.1, 0.15) is 62.4 Å². The SMILES string of the molecule is CCCNc1ccc(C(=O)NCCCCC(C)C)cc1C. The number of nitrogens with one attached hydrogen (secondary N) is 2. The van der Waals surface area contributed by atoms with Gasteiger partial charge >= 0.3 is 0 Å². The van der Waals surface area contributed by atoms with Gasteiger partial charge in [0, 0.05) is 24.3 Å². The standard InChI is InChI=1S/C18H30N2O/c1-5-11-19-17-10-9-16(13-15(17)4)18(21)20-12-7-6-8-14(2)3/h9-10,13-14,19H,5-8,11-12H2,1-4H3,(H,20,21). The smallest absolute Gasteiger partial charge is 0.251 e. The Labute approximate surface area is 129 Å². The van der Waals surface area contributed by atoms with Crippen molar-refractivity contribution in [3.63, 3.8) is 0 Å². The van der Waals surface area contributed by atoms with E-state index in [9.17, 15) is 4.79 Å². The average molecular weight is 290 g/mol. The van der Waals surface area contributed by atoms with Gasteiger partial charge in [0.1, 0.15) is 0 Å². The molecule has 1 aromatic rings. The highest BCUT2D eigenvalue weighted by molar-refractivity contribution is 5.94. The molecule has 0 spiro atoms. The molecule has 118 valence electrons. The van der Waals surface area contributed by atoms with Crippen LogP contribution in [-0.2, 0) is 0 Å². The lowest BCUT2D eigenvalue weighted by Crippen LogP contribution is -2.24. The number of anilines is 1. The lowest BCUT2D eigenvalue weighted by molar-refractivity contribution is 0.0953. The van der Waals surface area contributed by atoms with Crippen LogP contribution in [-0.4, -0.2) is 19.0 Å². The molecular formula is C18H30N2O. The van der Waals surface area contributed by atoms with Crippen molar-refractivity contribution in [1.82, 2.24) is 5.32 Å². The normalized spacial score (nSPS) is 10.7. The van der Waals surface area contributed by atoms with Gasteiger partial charge in [0.25, 0.3) is 5.91 Å². The molecule has 3 nitrogen and oxygen atoms in total. The van der Waals surface area contributed by atoms with Gasteiger partial charge in [-0.05, 0) is 49.4 Å². The van der Waals surface area contributed by atoms with Gasteiger partial charge in [0.2, 0.25) is 0 Å². The number of hydrogen-bond donors (Lipinski definition) is 2. The zero-order valence-electron chi connectivity index (χ0n) is 14.0. The molecule has 0 aliphatic rings. The van der Waals surface area contributed by atoms with E-state index in [1.165, 1.54) is 12.8 Å². The highest BCUT2D eigenvalue weighted by Crippen LogP contribution is 2.16. The molecule has 0 aliphatic carbocycles. The second-order valence-corrected chi connectivity index (χ2v) is 6.10. The van der Waals surface area contributed by atoms with Gasteiger partial charge in [-0.1, -0.05) is 33.6 Å². The first-order chi connectivity index (χ1) is 10.0. The van der Waals surface area contributed by atoms with Crippen molar-refractivity contribution in [2.45, 2.75) is 53.4 Å². The first kappa shape index (κ1) is 17.5. The highest BCUT2D eigenvalue weighted by atomic mass is 16.1. The summed E-state index contributed by atoms with van der Waals surface area (Å²) in [7, 11) is 0. The van der Waals surface area contributed by atoms with Gasteiger partial charge in [-0.3, -0.25) is 4.79 Å². The summed E-state index contributed by atoms with van der Waals surface area (Å²) in [6.07, 6.45) is 4.56. The monoisotopic (exact) mass is 290 g/mol. The quantitative estimate of drug-likeness (QED) is 0.663. The van der Waals surface area contributed by atoms with E-state index in [2.05, 4.69) is 31.4 Å². The van der Waals surface area contributed by atoms with Crippen LogP contribution in [0.25, 0.3) is 0 Å². The molecule has 0 atom stereocenters. The maximum Gasteiger partial charge on any atom is 0.251 e. The van der Waals surface area contributed by atoms with Crippen LogP contribution in [0.4, 0.5) is 5.69 Å². The van der Waals surface area contributed by atoms with Crippen LogP contribution in [0.2, 0.25) is 0 Å². The Morgan fingerprint density at radius 2 is 1.95 bits per heavy atom. The third-order valence-electron chi connectivity index (χ3n) is 3.55. The fraction of sp³-hybridized carbons (Fsp3) is 0.611. The topological polar surface area (TPSA) is 41.1 Å². The van der Waals surface area contributed by atoms with Gasteiger partial charge in [-0.2, -0.15) is 0 Å². The zero-order valence-corrected chi connectivity index (χ0v) is 14.0. The number of carbonyl (C=O) groups is 1. The number of rotatable bonds is 9. The van der Waals surface area contributed by atoms with Crippen molar-refractivity contribution >= 4 is 11.6 Å². The predicted octanol–water partition coefficient (Wildman–Crippen LogP) is 4.37. The third kappa shape index (κ3) is 6.65. The highest BCUT2D eigenvalue weighted by Gasteiger charge is 2.07. The van der Waals surface area contributed by atoms with Crippen LogP contribution < -0.4 is 10.6 Å². The number of carbonyl (C=O) groups excluding carboxylic acids is 1. The van der Waals surface area contributed by atoms with E-state index in [4.69, 9.17) is 0 Å². The molecule has 0 radical (unpaired) electrons. The summed E-state index contributed by atoms with van der Waals surface area (Å²) in [5.41, 5.74) is 2.99. The van der Waals surface area contributed by atoms with E-state index in [0.717, 1.165) is 48.7 Å². The molecule has 1 rings (SSSR count). The summed E-state index contributed by atoms with van der Waals surface area (Å²) in [4.78, 5) is 12.1. The van der Waals surface area contributed by atoms with Crippen molar-refractivity contribution in [3.8, 4) is 0 Å². The molecule has 0 bridgehead atoms. The molecule has 3 heteroatoms. The lowest BCUT2D eigenvalue weighted by Gasteiger charge is -2.11. The average Bonchev–Trinajstić information content (AvgIpc) is 2.45. The number of amides is 1. The summed E-state index contributed by atoms with van der Waals surface area (Å²) in [6, 6.07) is 5.86. The molecule has 2 N–H and O–H groups in total. The van der Waals surface area contributed by atoms with Gasteiger partial charge in [0.05, 0.1) is 0 Å². The van der Waals surface area contributed by atoms with Crippen LogP contribution in [0.5, 0.6) is 0 Å². The minimum Gasteiger partial charge on any atom is -0.385 e. The van der Waals surface area contributed by atoms with Crippen molar-refractivity contribution in [1.29, 1.82) is 0 Å². The van der Waals surface area contributed by atoms with E-state index in [-0.39, 0.29) is 5.91 Å².